The second kappa shape index (κ2) is 10.0. The molecule has 2 heterocycles. The number of anilines is 1. The van der Waals surface area contributed by atoms with Crippen LogP contribution in [-0.2, 0) is 15.9 Å². The third-order valence-electron chi connectivity index (χ3n) is 6.02. The number of benzene rings is 1. The first-order chi connectivity index (χ1) is 15.1. The minimum Gasteiger partial charge on any atom is -0.412 e. The number of hydrogen-bond donors (Lipinski definition) is 0. The SMILES string of the molecule is CC(C)(C)[Si](C)(C)OCc1cccc(-c2cnc(N3CC(=NOCCCF)C3)nc2)c1F. The number of aromatic nitrogens is 2. The summed E-state index contributed by atoms with van der Waals surface area (Å²) in [5.41, 5.74) is 2.47. The van der Waals surface area contributed by atoms with E-state index in [0.29, 0.717) is 42.1 Å². The fraction of sp³-hybridized carbons (Fsp3) is 0.522. The van der Waals surface area contributed by atoms with Gasteiger partial charge in [-0.2, -0.15) is 0 Å². The Morgan fingerprint density at radius 2 is 1.84 bits per heavy atom. The Labute approximate surface area is 189 Å². The number of hydrogen-bond acceptors (Lipinski definition) is 6. The molecule has 1 aliphatic heterocycles. The molecule has 1 saturated heterocycles. The van der Waals surface area contributed by atoms with Gasteiger partial charge in [0.05, 0.1) is 32.1 Å². The lowest BCUT2D eigenvalue weighted by Crippen LogP contribution is -2.48. The van der Waals surface area contributed by atoms with E-state index in [2.05, 4.69) is 49.0 Å². The Kier molecular flexibility index (Phi) is 7.61. The largest absolute Gasteiger partial charge is 0.412 e. The molecule has 1 fully saturated rings. The molecule has 0 atom stereocenters. The van der Waals surface area contributed by atoms with Crippen molar-refractivity contribution in [1.82, 2.24) is 9.97 Å². The topological polar surface area (TPSA) is 59.8 Å². The lowest BCUT2D eigenvalue weighted by molar-refractivity contribution is 0.134. The molecule has 0 aliphatic carbocycles. The van der Waals surface area contributed by atoms with Crippen LogP contribution in [0.25, 0.3) is 11.1 Å². The Morgan fingerprint density at radius 1 is 1.16 bits per heavy atom. The molecule has 0 amide bonds. The van der Waals surface area contributed by atoms with Crippen molar-refractivity contribution in [3.05, 3.63) is 42.0 Å². The number of oxime groups is 1. The lowest BCUT2D eigenvalue weighted by atomic mass is 10.1. The molecule has 6 nitrogen and oxygen atoms in total. The van der Waals surface area contributed by atoms with Gasteiger partial charge in [-0.1, -0.05) is 44.1 Å². The summed E-state index contributed by atoms with van der Waals surface area (Å²) in [4.78, 5) is 15.8. The number of rotatable bonds is 9. The van der Waals surface area contributed by atoms with Crippen LogP contribution in [0.15, 0.2) is 35.7 Å². The van der Waals surface area contributed by atoms with Crippen LogP contribution in [0, 0.1) is 5.82 Å². The molecule has 0 spiro atoms. The van der Waals surface area contributed by atoms with Crippen molar-refractivity contribution in [1.29, 1.82) is 0 Å². The van der Waals surface area contributed by atoms with Gasteiger partial charge in [0.1, 0.15) is 12.4 Å². The Hall–Kier alpha value is -2.39. The molecule has 2 aromatic rings. The van der Waals surface area contributed by atoms with E-state index in [0.717, 1.165) is 5.71 Å². The molecule has 174 valence electrons. The molecule has 0 bridgehead atoms. The van der Waals surface area contributed by atoms with Crippen LogP contribution in [0.1, 0.15) is 32.8 Å². The fourth-order valence-corrected chi connectivity index (χ4v) is 3.81. The Morgan fingerprint density at radius 3 is 2.47 bits per heavy atom. The summed E-state index contributed by atoms with van der Waals surface area (Å²) in [6.07, 6.45) is 3.60. The van der Waals surface area contributed by atoms with Gasteiger partial charge in [-0.3, -0.25) is 4.39 Å². The van der Waals surface area contributed by atoms with Crippen LogP contribution >= 0.6 is 0 Å². The highest BCUT2D eigenvalue weighted by Gasteiger charge is 2.37. The zero-order valence-corrected chi connectivity index (χ0v) is 20.5. The number of nitrogens with zero attached hydrogens (tertiary/aromatic N) is 4. The second-order valence-electron chi connectivity index (χ2n) is 9.49. The maximum Gasteiger partial charge on any atom is 0.225 e. The van der Waals surface area contributed by atoms with Gasteiger partial charge in [-0.05, 0) is 18.1 Å². The summed E-state index contributed by atoms with van der Waals surface area (Å²) in [7, 11) is -1.98. The van der Waals surface area contributed by atoms with Crippen LogP contribution in [0.3, 0.4) is 0 Å². The molecule has 9 heteroatoms. The van der Waals surface area contributed by atoms with Gasteiger partial charge < -0.3 is 14.2 Å². The molecular formula is C23H32F2N4O2Si. The normalized spacial score (nSPS) is 14.3. The molecule has 0 radical (unpaired) electrons. The van der Waals surface area contributed by atoms with E-state index in [1.54, 1.807) is 24.5 Å². The van der Waals surface area contributed by atoms with E-state index in [4.69, 9.17) is 9.26 Å². The van der Waals surface area contributed by atoms with Crippen LogP contribution in [0.4, 0.5) is 14.7 Å². The van der Waals surface area contributed by atoms with Crippen LogP contribution < -0.4 is 4.90 Å². The monoisotopic (exact) mass is 462 g/mol. The highest BCUT2D eigenvalue weighted by Crippen LogP contribution is 2.37. The van der Waals surface area contributed by atoms with Gasteiger partial charge in [0.15, 0.2) is 8.32 Å². The first kappa shape index (κ1) is 24.3. The van der Waals surface area contributed by atoms with E-state index >= 15 is 4.39 Å². The first-order valence-electron chi connectivity index (χ1n) is 10.8. The Balaban J connectivity index is 1.64. The standard InChI is InChI=1S/C23H32F2N4O2Si/c1-23(2,3)32(4,5)31-16-17-8-6-9-20(21(17)25)18-12-26-22(27-13-18)29-14-19(15-29)28-30-11-7-10-24/h6,8-9,12-13H,7,10-11,14-16H2,1-5H3. The second-order valence-corrected chi connectivity index (χ2v) is 14.3. The zero-order valence-electron chi connectivity index (χ0n) is 19.5. The maximum atomic E-state index is 15.2. The molecular weight excluding hydrogens is 430 g/mol. The van der Waals surface area contributed by atoms with Crippen molar-refractivity contribution in [2.45, 2.75) is 51.9 Å². The van der Waals surface area contributed by atoms with Crippen LogP contribution in [0.5, 0.6) is 0 Å². The minimum atomic E-state index is -1.98. The summed E-state index contributed by atoms with van der Waals surface area (Å²) >= 11 is 0. The third-order valence-corrected chi connectivity index (χ3v) is 10.5. The van der Waals surface area contributed by atoms with E-state index < -0.39 is 15.0 Å². The van der Waals surface area contributed by atoms with Crippen molar-refractivity contribution in [2.24, 2.45) is 5.16 Å². The number of halogens is 2. The van der Waals surface area contributed by atoms with Gasteiger partial charge >= 0.3 is 0 Å². The summed E-state index contributed by atoms with van der Waals surface area (Å²) in [5.74, 6) is 0.251. The van der Waals surface area contributed by atoms with Crippen molar-refractivity contribution in [3.63, 3.8) is 0 Å². The highest BCUT2D eigenvalue weighted by atomic mass is 28.4. The lowest BCUT2D eigenvalue weighted by Gasteiger charge is -2.36. The predicted octanol–water partition coefficient (Wildman–Crippen LogP) is 5.36. The zero-order chi connectivity index (χ0) is 23.4. The molecule has 0 saturated carbocycles. The summed E-state index contributed by atoms with van der Waals surface area (Å²) < 4.78 is 33.5. The molecule has 1 aromatic heterocycles. The first-order valence-corrected chi connectivity index (χ1v) is 13.8. The highest BCUT2D eigenvalue weighted by molar-refractivity contribution is 6.74. The summed E-state index contributed by atoms with van der Waals surface area (Å²) in [6, 6.07) is 5.32. The molecule has 3 rings (SSSR count). The van der Waals surface area contributed by atoms with Crippen molar-refractivity contribution in [2.75, 3.05) is 31.3 Å². The van der Waals surface area contributed by atoms with E-state index in [1.165, 1.54) is 0 Å². The summed E-state index contributed by atoms with van der Waals surface area (Å²) in [5, 5.41) is 4.04. The van der Waals surface area contributed by atoms with Gasteiger partial charge in [0.2, 0.25) is 5.95 Å². The van der Waals surface area contributed by atoms with Gasteiger partial charge in [0.25, 0.3) is 0 Å². The van der Waals surface area contributed by atoms with Crippen molar-refractivity contribution < 1.29 is 18.0 Å². The maximum absolute atomic E-state index is 15.2. The van der Waals surface area contributed by atoms with Crippen LogP contribution in [-0.4, -0.2) is 50.4 Å². The van der Waals surface area contributed by atoms with Gasteiger partial charge in [-0.25, -0.2) is 14.4 Å². The molecule has 1 aliphatic rings. The van der Waals surface area contributed by atoms with Gasteiger partial charge in [0, 0.05) is 35.5 Å². The van der Waals surface area contributed by atoms with Crippen molar-refractivity contribution in [3.8, 4) is 11.1 Å². The van der Waals surface area contributed by atoms with Crippen LogP contribution in [0.2, 0.25) is 18.1 Å². The fourth-order valence-electron chi connectivity index (χ4n) is 2.86. The smallest absolute Gasteiger partial charge is 0.225 e. The van der Waals surface area contributed by atoms with E-state index in [-0.39, 0.29) is 24.1 Å². The van der Waals surface area contributed by atoms with Gasteiger partial charge in [-0.15, -0.1) is 0 Å². The minimum absolute atomic E-state index is 0.0622. The van der Waals surface area contributed by atoms with E-state index in [9.17, 15) is 4.39 Å². The molecule has 0 N–H and O–H groups in total. The number of alkyl halides is 1. The molecule has 1 aromatic carbocycles. The quantitative estimate of drug-likeness (QED) is 0.285. The van der Waals surface area contributed by atoms with Crippen molar-refractivity contribution >= 4 is 20.0 Å². The predicted molar refractivity (Wildman–Crippen MR) is 126 cm³/mol. The Bertz CT molecular complexity index is 938. The molecule has 0 unspecified atom stereocenters. The summed E-state index contributed by atoms with van der Waals surface area (Å²) in [6.45, 7) is 12.0. The molecule has 32 heavy (non-hydrogen) atoms. The average Bonchev–Trinajstić information content (AvgIpc) is 2.71. The van der Waals surface area contributed by atoms with E-state index in [1.807, 2.05) is 11.0 Å². The third kappa shape index (κ3) is 5.69. The average molecular weight is 463 g/mol.